The molecule has 90 valence electrons. The molecule has 0 saturated carbocycles. The topological polar surface area (TPSA) is 44.1 Å². The molecule has 1 rings (SSSR count). The van der Waals surface area contributed by atoms with Gasteiger partial charge in [-0.15, -0.1) is 0 Å². The summed E-state index contributed by atoms with van der Waals surface area (Å²) in [6.07, 6.45) is 1.95. The van der Waals surface area contributed by atoms with E-state index in [0.29, 0.717) is 25.3 Å². The Hall–Kier alpha value is -0.680. The summed E-state index contributed by atoms with van der Waals surface area (Å²) in [5.74, 6) is -0.00410. The largest absolute Gasteiger partial charge is 0.370 e. The number of ether oxygens (including phenoxy) is 1. The second-order valence-corrected chi connectivity index (χ2v) is 4.23. The summed E-state index contributed by atoms with van der Waals surface area (Å²) in [5, 5.41) is 4.13. The lowest BCUT2D eigenvalue weighted by Gasteiger charge is -2.14. The van der Waals surface area contributed by atoms with Crippen LogP contribution in [0.2, 0.25) is 0 Å². The van der Waals surface area contributed by atoms with E-state index in [0.717, 1.165) is 4.47 Å². The van der Waals surface area contributed by atoms with Crippen LogP contribution in [0, 0.1) is 0 Å². The van der Waals surface area contributed by atoms with Crippen molar-refractivity contribution in [1.82, 2.24) is 9.78 Å². The first-order valence-electron chi connectivity index (χ1n) is 5.52. The molecule has 0 fully saturated rings. The molecule has 0 N–H and O–H groups in total. The van der Waals surface area contributed by atoms with E-state index in [1.165, 1.54) is 0 Å². The highest BCUT2D eigenvalue weighted by Crippen LogP contribution is 2.19. The normalized spacial score (nSPS) is 12.8. The third-order valence-corrected chi connectivity index (χ3v) is 2.94. The maximum Gasteiger partial charge on any atom is 0.210 e. The summed E-state index contributed by atoms with van der Waals surface area (Å²) < 4.78 is 7.84. The lowest BCUT2D eigenvalue weighted by atomic mass is 10.1. The summed E-state index contributed by atoms with van der Waals surface area (Å²) in [7, 11) is 0. The van der Waals surface area contributed by atoms with Crippen LogP contribution >= 0.6 is 15.9 Å². The van der Waals surface area contributed by atoms with Gasteiger partial charge in [0.2, 0.25) is 5.78 Å². The summed E-state index contributed by atoms with van der Waals surface area (Å²) in [5.41, 5.74) is 0.600. The minimum atomic E-state index is -0.372. The quantitative estimate of drug-likeness (QED) is 0.756. The molecule has 0 aromatic carbocycles. The van der Waals surface area contributed by atoms with Gasteiger partial charge in [0.05, 0.1) is 10.7 Å². The van der Waals surface area contributed by atoms with Gasteiger partial charge >= 0.3 is 0 Å². The minimum absolute atomic E-state index is 0.00410. The molecular formula is C11H17BrN2O2. The Kier molecular flexibility index (Phi) is 5.15. The third kappa shape index (κ3) is 2.71. The van der Waals surface area contributed by atoms with Crippen LogP contribution in [0.1, 0.15) is 37.7 Å². The zero-order valence-corrected chi connectivity index (χ0v) is 11.5. The lowest BCUT2D eigenvalue weighted by molar-refractivity contribution is 0.0433. The SMILES string of the molecule is CCOC(CC)C(=O)c1c(Br)cnn1CC. The summed E-state index contributed by atoms with van der Waals surface area (Å²) >= 11 is 3.35. The first kappa shape index (κ1) is 13.4. The second kappa shape index (κ2) is 6.15. The van der Waals surface area contributed by atoms with Crippen LogP contribution in [0.25, 0.3) is 0 Å². The van der Waals surface area contributed by atoms with Crippen molar-refractivity contribution < 1.29 is 9.53 Å². The molecule has 0 bridgehead atoms. The van der Waals surface area contributed by atoms with Crippen LogP contribution in [0.5, 0.6) is 0 Å². The third-order valence-electron chi connectivity index (χ3n) is 2.36. The number of rotatable bonds is 6. The van der Waals surface area contributed by atoms with Crippen molar-refractivity contribution in [2.24, 2.45) is 0 Å². The van der Waals surface area contributed by atoms with Gasteiger partial charge in [-0.2, -0.15) is 5.10 Å². The van der Waals surface area contributed by atoms with Gasteiger partial charge in [0.1, 0.15) is 11.8 Å². The Morgan fingerprint density at radius 1 is 1.56 bits per heavy atom. The van der Waals surface area contributed by atoms with Crippen LogP contribution in [-0.2, 0) is 11.3 Å². The molecule has 1 unspecified atom stereocenters. The second-order valence-electron chi connectivity index (χ2n) is 3.37. The molecule has 1 atom stereocenters. The van der Waals surface area contributed by atoms with Crippen molar-refractivity contribution in [2.75, 3.05) is 6.61 Å². The fraction of sp³-hybridized carbons (Fsp3) is 0.636. The fourth-order valence-corrected chi connectivity index (χ4v) is 2.07. The Morgan fingerprint density at radius 2 is 2.25 bits per heavy atom. The number of carbonyl (C=O) groups excluding carboxylic acids is 1. The number of Topliss-reactive ketones (excluding diaryl/α,β-unsaturated/α-hetero) is 1. The Bertz CT molecular complexity index is 363. The van der Waals surface area contributed by atoms with Gasteiger partial charge in [-0.3, -0.25) is 9.48 Å². The van der Waals surface area contributed by atoms with Gasteiger partial charge in [0.15, 0.2) is 0 Å². The van der Waals surface area contributed by atoms with E-state index in [4.69, 9.17) is 4.74 Å². The first-order chi connectivity index (χ1) is 7.65. The van der Waals surface area contributed by atoms with Crippen LogP contribution in [-0.4, -0.2) is 28.3 Å². The standard InChI is InChI=1S/C11H17BrN2O2/c1-4-9(16-6-3)11(15)10-8(12)7-13-14(10)5-2/h7,9H,4-6H2,1-3H3. The fourth-order valence-electron chi connectivity index (χ4n) is 1.58. The number of hydrogen-bond acceptors (Lipinski definition) is 3. The molecule has 0 aliphatic rings. The smallest absolute Gasteiger partial charge is 0.210 e. The van der Waals surface area contributed by atoms with Gasteiger partial charge in [-0.05, 0) is 36.2 Å². The highest BCUT2D eigenvalue weighted by Gasteiger charge is 2.24. The molecule has 0 aliphatic carbocycles. The summed E-state index contributed by atoms with van der Waals surface area (Å²) in [6, 6.07) is 0. The van der Waals surface area contributed by atoms with E-state index in [-0.39, 0.29) is 11.9 Å². The average molecular weight is 289 g/mol. The summed E-state index contributed by atoms with van der Waals surface area (Å²) in [6.45, 7) is 7.01. The molecule has 0 amide bonds. The number of aryl methyl sites for hydroxylation is 1. The van der Waals surface area contributed by atoms with Crippen molar-refractivity contribution in [3.05, 3.63) is 16.4 Å². The molecule has 0 spiro atoms. The monoisotopic (exact) mass is 288 g/mol. The van der Waals surface area contributed by atoms with Crippen LogP contribution in [0.15, 0.2) is 10.7 Å². The van der Waals surface area contributed by atoms with Crippen LogP contribution in [0.4, 0.5) is 0 Å². The first-order valence-corrected chi connectivity index (χ1v) is 6.32. The van der Waals surface area contributed by atoms with Gasteiger partial charge < -0.3 is 4.74 Å². The maximum atomic E-state index is 12.2. The molecule has 0 saturated heterocycles. The lowest BCUT2D eigenvalue weighted by Crippen LogP contribution is -2.26. The Balaban J connectivity index is 2.97. The Labute approximate surface area is 104 Å². The number of ketones is 1. The van der Waals surface area contributed by atoms with Gasteiger partial charge in [-0.25, -0.2) is 0 Å². The van der Waals surface area contributed by atoms with Crippen LogP contribution < -0.4 is 0 Å². The van der Waals surface area contributed by atoms with Gasteiger partial charge in [0.25, 0.3) is 0 Å². The zero-order valence-electron chi connectivity index (χ0n) is 9.86. The molecule has 16 heavy (non-hydrogen) atoms. The Morgan fingerprint density at radius 3 is 2.75 bits per heavy atom. The summed E-state index contributed by atoms with van der Waals surface area (Å²) in [4.78, 5) is 12.2. The van der Waals surface area contributed by atoms with Crippen molar-refractivity contribution in [3.63, 3.8) is 0 Å². The van der Waals surface area contributed by atoms with E-state index in [1.54, 1.807) is 10.9 Å². The average Bonchev–Trinajstić information content (AvgIpc) is 2.66. The van der Waals surface area contributed by atoms with Crippen molar-refractivity contribution in [1.29, 1.82) is 0 Å². The number of halogens is 1. The predicted molar refractivity (Wildman–Crippen MR) is 65.6 cm³/mol. The molecule has 5 heteroatoms. The number of carbonyl (C=O) groups is 1. The van der Waals surface area contributed by atoms with Crippen molar-refractivity contribution in [2.45, 2.75) is 39.8 Å². The molecule has 1 aromatic heterocycles. The van der Waals surface area contributed by atoms with E-state index >= 15 is 0 Å². The molecule has 1 aromatic rings. The maximum absolute atomic E-state index is 12.2. The minimum Gasteiger partial charge on any atom is -0.370 e. The number of aromatic nitrogens is 2. The molecule has 4 nitrogen and oxygen atoms in total. The molecule has 0 radical (unpaired) electrons. The number of hydrogen-bond donors (Lipinski definition) is 0. The van der Waals surface area contributed by atoms with Crippen molar-refractivity contribution in [3.8, 4) is 0 Å². The molecule has 1 heterocycles. The van der Waals surface area contributed by atoms with Gasteiger partial charge in [0, 0.05) is 13.2 Å². The highest BCUT2D eigenvalue weighted by atomic mass is 79.9. The van der Waals surface area contributed by atoms with Gasteiger partial charge in [-0.1, -0.05) is 6.92 Å². The molecule has 0 aliphatic heterocycles. The molecular weight excluding hydrogens is 272 g/mol. The number of nitrogens with zero attached hydrogens (tertiary/aromatic N) is 2. The predicted octanol–water partition coefficient (Wildman–Crippen LogP) is 2.66. The zero-order chi connectivity index (χ0) is 12.1. The van der Waals surface area contributed by atoms with Crippen LogP contribution in [0.3, 0.4) is 0 Å². The van der Waals surface area contributed by atoms with E-state index in [1.807, 2.05) is 20.8 Å². The van der Waals surface area contributed by atoms with Crippen molar-refractivity contribution >= 4 is 21.7 Å². The highest BCUT2D eigenvalue weighted by molar-refractivity contribution is 9.10. The van der Waals surface area contributed by atoms with E-state index in [9.17, 15) is 4.79 Å². The van der Waals surface area contributed by atoms with E-state index in [2.05, 4.69) is 21.0 Å². The van der Waals surface area contributed by atoms with E-state index < -0.39 is 0 Å².